The molecule has 1 amide bonds. The van der Waals surface area contributed by atoms with Crippen molar-refractivity contribution in [3.8, 4) is 17.2 Å². The number of amides is 1. The molecule has 1 aliphatic carbocycles. The van der Waals surface area contributed by atoms with Crippen LogP contribution in [0.5, 0.6) is 17.2 Å². The topological polar surface area (TPSA) is 56.8 Å². The van der Waals surface area contributed by atoms with E-state index in [1.165, 1.54) is 39.9 Å². The van der Waals surface area contributed by atoms with Gasteiger partial charge in [-0.05, 0) is 12.8 Å². The van der Waals surface area contributed by atoms with Gasteiger partial charge in [0.05, 0.1) is 21.3 Å². The molecular formula is C17H25NO4. The Kier molecular flexibility index (Phi) is 5.92. The average molecular weight is 307 g/mol. The summed E-state index contributed by atoms with van der Waals surface area (Å²) >= 11 is 0. The molecule has 2 rings (SSSR count). The van der Waals surface area contributed by atoms with Crippen LogP contribution in [-0.2, 0) is 0 Å². The fourth-order valence-electron chi connectivity index (χ4n) is 2.91. The fraction of sp³-hybridized carbons (Fsp3) is 0.588. The number of carbonyl (C=O) groups is 1. The molecule has 0 atom stereocenters. The molecule has 1 saturated carbocycles. The number of benzene rings is 1. The molecule has 0 bridgehead atoms. The Morgan fingerprint density at radius 1 is 0.955 bits per heavy atom. The average Bonchev–Trinajstić information content (AvgIpc) is 2.81. The number of ether oxygens (including phenoxy) is 3. The van der Waals surface area contributed by atoms with Gasteiger partial charge in [-0.25, -0.2) is 0 Å². The molecule has 0 radical (unpaired) electrons. The van der Waals surface area contributed by atoms with Crippen LogP contribution >= 0.6 is 0 Å². The van der Waals surface area contributed by atoms with Crippen molar-refractivity contribution in [3.05, 3.63) is 17.7 Å². The molecule has 0 aliphatic heterocycles. The molecule has 0 unspecified atom stereocenters. The van der Waals surface area contributed by atoms with E-state index in [9.17, 15) is 4.79 Å². The SMILES string of the molecule is COc1cc(OC)c(C(=O)NC2CCCCCC2)c(OC)c1. The summed E-state index contributed by atoms with van der Waals surface area (Å²) in [5.74, 6) is 1.37. The van der Waals surface area contributed by atoms with Crippen LogP contribution in [0, 0.1) is 0 Å². The molecule has 1 aliphatic rings. The maximum Gasteiger partial charge on any atom is 0.259 e. The summed E-state index contributed by atoms with van der Waals surface area (Å²) in [6.45, 7) is 0. The summed E-state index contributed by atoms with van der Waals surface area (Å²) < 4.78 is 15.9. The Morgan fingerprint density at radius 2 is 1.50 bits per heavy atom. The van der Waals surface area contributed by atoms with Crippen LogP contribution in [0.15, 0.2) is 12.1 Å². The summed E-state index contributed by atoms with van der Waals surface area (Å²) in [4.78, 5) is 12.7. The zero-order valence-corrected chi connectivity index (χ0v) is 13.6. The second-order valence-corrected chi connectivity index (χ2v) is 5.57. The summed E-state index contributed by atoms with van der Waals surface area (Å²) in [7, 11) is 4.65. The highest BCUT2D eigenvalue weighted by Crippen LogP contribution is 2.34. The Hall–Kier alpha value is -1.91. The van der Waals surface area contributed by atoms with Gasteiger partial charge in [-0.1, -0.05) is 25.7 Å². The molecular weight excluding hydrogens is 282 g/mol. The van der Waals surface area contributed by atoms with Gasteiger partial charge in [0.1, 0.15) is 22.8 Å². The van der Waals surface area contributed by atoms with E-state index in [-0.39, 0.29) is 11.9 Å². The van der Waals surface area contributed by atoms with Crippen LogP contribution in [0.4, 0.5) is 0 Å². The van der Waals surface area contributed by atoms with Gasteiger partial charge in [0.15, 0.2) is 0 Å². The Morgan fingerprint density at radius 3 is 1.95 bits per heavy atom. The zero-order valence-electron chi connectivity index (χ0n) is 13.6. The first-order valence-corrected chi connectivity index (χ1v) is 7.80. The van der Waals surface area contributed by atoms with Gasteiger partial charge < -0.3 is 19.5 Å². The normalized spacial score (nSPS) is 15.8. The second kappa shape index (κ2) is 7.92. The maximum atomic E-state index is 12.7. The van der Waals surface area contributed by atoms with Crippen LogP contribution < -0.4 is 19.5 Å². The highest BCUT2D eigenvalue weighted by atomic mass is 16.5. The Labute approximate surface area is 131 Å². The van der Waals surface area contributed by atoms with Crippen molar-refractivity contribution in [2.75, 3.05) is 21.3 Å². The van der Waals surface area contributed by atoms with E-state index < -0.39 is 0 Å². The van der Waals surface area contributed by atoms with Gasteiger partial charge in [-0.15, -0.1) is 0 Å². The van der Waals surface area contributed by atoms with E-state index >= 15 is 0 Å². The maximum absolute atomic E-state index is 12.7. The molecule has 1 aromatic carbocycles. The van der Waals surface area contributed by atoms with Crippen molar-refractivity contribution in [1.29, 1.82) is 0 Å². The van der Waals surface area contributed by atoms with Gasteiger partial charge in [0, 0.05) is 18.2 Å². The molecule has 0 heterocycles. The Balaban J connectivity index is 2.23. The van der Waals surface area contributed by atoms with Crippen LogP contribution in [0.25, 0.3) is 0 Å². The fourth-order valence-corrected chi connectivity index (χ4v) is 2.91. The minimum absolute atomic E-state index is 0.150. The lowest BCUT2D eigenvalue weighted by Gasteiger charge is -2.19. The zero-order chi connectivity index (χ0) is 15.9. The summed E-state index contributed by atoms with van der Waals surface area (Å²) in [6.07, 6.45) is 6.91. The van der Waals surface area contributed by atoms with E-state index in [4.69, 9.17) is 14.2 Å². The highest BCUT2D eigenvalue weighted by molar-refractivity contribution is 6.00. The number of nitrogens with one attached hydrogen (secondary N) is 1. The lowest BCUT2D eigenvalue weighted by molar-refractivity contribution is 0.0927. The minimum atomic E-state index is -0.150. The molecule has 122 valence electrons. The summed E-state index contributed by atoms with van der Waals surface area (Å²) in [5.41, 5.74) is 0.426. The summed E-state index contributed by atoms with van der Waals surface area (Å²) in [6, 6.07) is 3.63. The third-order valence-corrected chi connectivity index (χ3v) is 4.13. The van der Waals surface area contributed by atoms with Gasteiger partial charge in [0.25, 0.3) is 5.91 Å². The van der Waals surface area contributed by atoms with Gasteiger partial charge >= 0.3 is 0 Å². The van der Waals surface area contributed by atoms with Crippen LogP contribution in [0.2, 0.25) is 0 Å². The van der Waals surface area contributed by atoms with E-state index in [0.29, 0.717) is 22.8 Å². The number of methoxy groups -OCH3 is 3. The first-order valence-electron chi connectivity index (χ1n) is 7.80. The van der Waals surface area contributed by atoms with Crippen molar-refractivity contribution in [2.45, 2.75) is 44.6 Å². The number of hydrogen-bond donors (Lipinski definition) is 1. The van der Waals surface area contributed by atoms with Crippen LogP contribution in [0.1, 0.15) is 48.9 Å². The van der Waals surface area contributed by atoms with Gasteiger partial charge in [-0.3, -0.25) is 4.79 Å². The molecule has 0 aromatic heterocycles. The first kappa shape index (κ1) is 16.5. The van der Waals surface area contributed by atoms with E-state index in [1.54, 1.807) is 19.2 Å². The minimum Gasteiger partial charge on any atom is -0.496 e. The molecule has 0 saturated heterocycles. The van der Waals surface area contributed by atoms with Crippen LogP contribution in [-0.4, -0.2) is 33.3 Å². The number of carbonyl (C=O) groups excluding carboxylic acids is 1. The van der Waals surface area contributed by atoms with Crippen molar-refractivity contribution < 1.29 is 19.0 Å². The Bertz CT molecular complexity index is 482. The third-order valence-electron chi connectivity index (χ3n) is 4.13. The van der Waals surface area contributed by atoms with Crippen LogP contribution in [0.3, 0.4) is 0 Å². The number of rotatable bonds is 5. The molecule has 22 heavy (non-hydrogen) atoms. The lowest BCUT2D eigenvalue weighted by Crippen LogP contribution is -2.34. The molecule has 1 aromatic rings. The van der Waals surface area contributed by atoms with E-state index in [1.807, 2.05) is 0 Å². The highest BCUT2D eigenvalue weighted by Gasteiger charge is 2.23. The van der Waals surface area contributed by atoms with Crippen molar-refractivity contribution in [1.82, 2.24) is 5.32 Å². The largest absolute Gasteiger partial charge is 0.496 e. The third kappa shape index (κ3) is 3.84. The lowest BCUT2D eigenvalue weighted by atomic mass is 10.1. The summed E-state index contributed by atoms with van der Waals surface area (Å²) in [5, 5.41) is 3.12. The predicted octanol–water partition coefficient (Wildman–Crippen LogP) is 3.17. The predicted molar refractivity (Wildman–Crippen MR) is 85.1 cm³/mol. The molecule has 5 nitrogen and oxygen atoms in total. The van der Waals surface area contributed by atoms with Gasteiger partial charge in [-0.2, -0.15) is 0 Å². The molecule has 5 heteroatoms. The van der Waals surface area contributed by atoms with Crippen molar-refractivity contribution in [2.24, 2.45) is 0 Å². The quantitative estimate of drug-likeness (QED) is 0.849. The molecule has 1 fully saturated rings. The smallest absolute Gasteiger partial charge is 0.259 e. The number of hydrogen-bond acceptors (Lipinski definition) is 4. The second-order valence-electron chi connectivity index (χ2n) is 5.57. The molecule has 1 N–H and O–H groups in total. The van der Waals surface area contributed by atoms with Gasteiger partial charge in [0.2, 0.25) is 0 Å². The monoisotopic (exact) mass is 307 g/mol. The van der Waals surface area contributed by atoms with Crippen molar-refractivity contribution >= 4 is 5.91 Å². The van der Waals surface area contributed by atoms with E-state index in [0.717, 1.165) is 12.8 Å². The van der Waals surface area contributed by atoms with Crippen molar-refractivity contribution in [3.63, 3.8) is 0 Å². The molecule has 0 spiro atoms. The first-order chi connectivity index (χ1) is 10.7. The standard InChI is InChI=1S/C17H25NO4/c1-20-13-10-14(21-2)16(15(11-13)22-3)17(19)18-12-8-6-4-5-7-9-12/h10-12H,4-9H2,1-3H3,(H,18,19). The van der Waals surface area contributed by atoms with E-state index in [2.05, 4.69) is 5.32 Å².